The molecule has 3 rings (SSSR count). The summed E-state index contributed by atoms with van der Waals surface area (Å²) < 4.78 is 26.7. The van der Waals surface area contributed by atoms with Crippen LogP contribution in [-0.2, 0) is 16.6 Å². The summed E-state index contributed by atoms with van der Waals surface area (Å²) in [6.45, 7) is 1.44. The highest BCUT2D eigenvalue weighted by atomic mass is 32.2. The maximum Gasteiger partial charge on any atom is 0.282 e. The molecule has 2 aromatic carbocycles. The van der Waals surface area contributed by atoms with Gasteiger partial charge in [-0.3, -0.25) is 14.8 Å². The molecule has 7 nitrogen and oxygen atoms in total. The number of carbonyl (C=O) groups excluding carboxylic acids is 2. The largest absolute Gasteiger partial charge is 0.294 e. The molecule has 0 radical (unpaired) electrons. The summed E-state index contributed by atoms with van der Waals surface area (Å²) in [5, 5.41) is 11.0. The summed E-state index contributed by atoms with van der Waals surface area (Å²) in [5.41, 5.74) is 1.95. The number of nitrogens with zero attached hydrogens (tertiary/aromatic N) is 2. The van der Waals surface area contributed by atoms with Crippen LogP contribution < -0.4 is 5.06 Å². The van der Waals surface area contributed by atoms with Crippen molar-refractivity contribution in [2.45, 2.75) is 26.3 Å². The number of sulfonamides is 1. The SMILES string of the molecule is CC(=O)c1ccccc1C(=O)N(O)c1cccc(CN(C)S(=O)(=O)CC2=CC=CCC2)c1. The number of allylic oxidation sites excluding steroid dienone is 3. The minimum Gasteiger partial charge on any atom is -0.294 e. The van der Waals surface area contributed by atoms with Gasteiger partial charge in [-0.1, -0.05) is 54.1 Å². The lowest BCUT2D eigenvalue weighted by atomic mass is 10.0. The Balaban J connectivity index is 1.76. The van der Waals surface area contributed by atoms with E-state index in [0.717, 1.165) is 18.4 Å². The molecule has 8 heteroatoms. The minimum atomic E-state index is -3.52. The van der Waals surface area contributed by atoms with E-state index in [1.165, 1.54) is 36.5 Å². The van der Waals surface area contributed by atoms with E-state index in [1.54, 1.807) is 30.3 Å². The number of benzene rings is 2. The van der Waals surface area contributed by atoms with Crippen LogP contribution in [0.5, 0.6) is 0 Å². The molecule has 0 bridgehead atoms. The second-order valence-electron chi connectivity index (χ2n) is 7.69. The summed E-state index contributed by atoms with van der Waals surface area (Å²) in [5.74, 6) is -1.07. The first-order valence-electron chi connectivity index (χ1n) is 10.2. The Morgan fingerprint density at radius 1 is 1.06 bits per heavy atom. The molecular weight excluding hydrogens is 428 g/mol. The number of ketones is 1. The molecule has 2 aromatic rings. The van der Waals surface area contributed by atoms with Gasteiger partial charge < -0.3 is 0 Å². The van der Waals surface area contributed by atoms with E-state index in [1.807, 2.05) is 18.2 Å². The fourth-order valence-corrected chi connectivity index (χ4v) is 4.74. The maximum atomic E-state index is 12.8. The standard InChI is InChI=1S/C24H26N2O5S/c1-18(27)22-13-6-7-14-23(22)24(28)26(29)21-12-8-11-20(15-21)16-25(2)32(30,31)17-19-9-4-3-5-10-19/h3-4,6-9,11-15,29H,5,10,16-17H2,1-2H3. The van der Waals surface area contributed by atoms with Gasteiger partial charge in [0.25, 0.3) is 5.91 Å². The Morgan fingerprint density at radius 2 is 1.78 bits per heavy atom. The van der Waals surface area contributed by atoms with Crippen LogP contribution in [0, 0.1) is 0 Å². The summed E-state index contributed by atoms with van der Waals surface area (Å²) in [4.78, 5) is 24.6. The second-order valence-corrected chi connectivity index (χ2v) is 9.77. The lowest BCUT2D eigenvalue weighted by Crippen LogP contribution is -2.30. The van der Waals surface area contributed by atoms with Crippen molar-refractivity contribution >= 4 is 27.4 Å². The molecule has 1 aliphatic carbocycles. The zero-order chi connectivity index (χ0) is 23.3. The zero-order valence-corrected chi connectivity index (χ0v) is 18.9. The summed E-state index contributed by atoms with van der Waals surface area (Å²) in [6.07, 6.45) is 7.27. The summed E-state index contributed by atoms with van der Waals surface area (Å²) in [6, 6.07) is 12.7. The number of carbonyl (C=O) groups is 2. The van der Waals surface area contributed by atoms with Crippen LogP contribution in [0.4, 0.5) is 5.69 Å². The molecule has 0 saturated carbocycles. The third kappa shape index (κ3) is 5.59. The molecule has 0 heterocycles. The Bertz CT molecular complexity index is 1180. The molecular formula is C24H26N2O5S. The van der Waals surface area contributed by atoms with Gasteiger partial charge >= 0.3 is 0 Å². The zero-order valence-electron chi connectivity index (χ0n) is 18.1. The van der Waals surface area contributed by atoms with Crippen molar-refractivity contribution in [2.75, 3.05) is 17.9 Å². The molecule has 1 aliphatic rings. The second kappa shape index (κ2) is 10.0. The first kappa shape index (κ1) is 23.6. The molecule has 0 spiro atoms. The normalized spacial score (nSPS) is 13.7. The molecule has 0 unspecified atom stereocenters. The number of Topliss-reactive ketones (excluding diaryl/α,β-unsaturated/α-hetero) is 1. The first-order chi connectivity index (χ1) is 15.2. The number of rotatable bonds is 8. The van der Waals surface area contributed by atoms with Gasteiger partial charge in [-0.05, 0) is 43.5 Å². The Labute approximate surface area is 188 Å². The van der Waals surface area contributed by atoms with Gasteiger partial charge in [0.2, 0.25) is 10.0 Å². The van der Waals surface area contributed by atoms with Crippen LogP contribution in [0.3, 0.4) is 0 Å². The quantitative estimate of drug-likeness (QED) is 0.370. The van der Waals surface area contributed by atoms with Crippen LogP contribution in [-0.4, -0.2) is 42.4 Å². The molecule has 0 saturated heterocycles. The number of amides is 1. The van der Waals surface area contributed by atoms with E-state index in [-0.39, 0.29) is 34.9 Å². The number of hydroxylamine groups is 1. The van der Waals surface area contributed by atoms with Crippen molar-refractivity contribution in [1.82, 2.24) is 4.31 Å². The van der Waals surface area contributed by atoms with E-state index in [4.69, 9.17) is 0 Å². The molecule has 0 aliphatic heterocycles. The predicted octanol–water partition coefficient (Wildman–Crippen LogP) is 3.96. The molecule has 1 amide bonds. The van der Waals surface area contributed by atoms with Gasteiger partial charge in [0.15, 0.2) is 5.78 Å². The van der Waals surface area contributed by atoms with Gasteiger partial charge in [-0.2, -0.15) is 5.06 Å². The third-order valence-corrected chi connectivity index (χ3v) is 7.05. The molecule has 32 heavy (non-hydrogen) atoms. The van der Waals surface area contributed by atoms with Crippen LogP contribution in [0.15, 0.2) is 72.3 Å². The van der Waals surface area contributed by atoms with Crippen LogP contribution in [0.25, 0.3) is 0 Å². The Hall–Kier alpha value is -3.07. The van der Waals surface area contributed by atoms with E-state index in [9.17, 15) is 23.2 Å². The Kier molecular flexibility index (Phi) is 7.40. The van der Waals surface area contributed by atoms with Crippen molar-refractivity contribution in [3.63, 3.8) is 0 Å². The van der Waals surface area contributed by atoms with E-state index < -0.39 is 15.9 Å². The predicted molar refractivity (Wildman–Crippen MR) is 123 cm³/mol. The highest BCUT2D eigenvalue weighted by Gasteiger charge is 2.23. The van der Waals surface area contributed by atoms with Crippen LogP contribution in [0.1, 0.15) is 46.0 Å². The highest BCUT2D eigenvalue weighted by molar-refractivity contribution is 7.89. The van der Waals surface area contributed by atoms with Gasteiger partial charge in [-0.15, -0.1) is 0 Å². The van der Waals surface area contributed by atoms with Crippen molar-refractivity contribution < 1.29 is 23.2 Å². The Morgan fingerprint density at radius 3 is 2.44 bits per heavy atom. The number of hydrogen-bond acceptors (Lipinski definition) is 5. The third-order valence-electron chi connectivity index (χ3n) is 5.23. The summed E-state index contributed by atoms with van der Waals surface area (Å²) in [7, 11) is -2.01. The molecule has 0 aromatic heterocycles. The van der Waals surface area contributed by atoms with Gasteiger partial charge in [-0.25, -0.2) is 12.7 Å². The maximum absolute atomic E-state index is 12.8. The smallest absolute Gasteiger partial charge is 0.282 e. The average Bonchev–Trinajstić information content (AvgIpc) is 2.78. The van der Waals surface area contributed by atoms with Crippen molar-refractivity contribution in [2.24, 2.45) is 0 Å². The molecule has 0 atom stereocenters. The van der Waals surface area contributed by atoms with Crippen molar-refractivity contribution in [1.29, 1.82) is 0 Å². The fraction of sp³-hybridized carbons (Fsp3) is 0.250. The van der Waals surface area contributed by atoms with Gasteiger partial charge in [0.1, 0.15) is 0 Å². The summed E-state index contributed by atoms with van der Waals surface area (Å²) >= 11 is 0. The van der Waals surface area contributed by atoms with Crippen molar-refractivity contribution in [3.05, 3.63) is 89.0 Å². The minimum absolute atomic E-state index is 0.0417. The van der Waals surface area contributed by atoms with E-state index >= 15 is 0 Å². The van der Waals surface area contributed by atoms with Gasteiger partial charge in [0, 0.05) is 19.2 Å². The van der Waals surface area contributed by atoms with E-state index in [2.05, 4.69) is 0 Å². The first-order valence-corrected chi connectivity index (χ1v) is 11.8. The molecule has 0 fully saturated rings. The van der Waals surface area contributed by atoms with E-state index in [0.29, 0.717) is 10.6 Å². The number of hydrogen-bond donors (Lipinski definition) is 1. The lowest BCUT2D eigenvalue weighted by molar-refractivity contribution is 0.0848. The lowest BCUT2D eigenvalue weighted by Gasteiger charge is -2.20. The van der Waals surface area contributed by atoms with Crippen molar-refractivity contribution in [3.8, 4) is 0 Å². The van der Waals surface area contributed by atoms with Crippen LogP contribution in [0.2, 0.25) is 0 Å². The topological polar surface area (TPSA) is 95.0 Å². The van der Waals surface area contributed by atoms with Crippen LogP contribution >= 0.6 is 0 Å². The average molecular weight is 455 g/mol. The van der Waals surface area contributed by atoms with Gasteiger partial charge in [0.05, 0.1) is 17.0 Å². The number of anilines is 1. The fourth-order valence-electron chi connectivity index (χ4n) is 3.47. The molecule has 1 N–H and O–H groups in total. The highest BCUT2D eigenvalue weighted by Crippen LogP contribution is 2.22. The monoisotopic (exact) mass is 454 g/mol. The molecule has 168 valence electrons.